The molecule has 7 aromatic carbocycles. The summed E-state index contributed by atoms with van der Waals surface area (Å²) in [6.07, 6.45) is -8.74. The lowest BCUT2D eigenvalue weighted by atomic mass is 9.97. The van der Waals surface area contributed by atoms with Crippen LogP contribution in [0.5, 0.6) is 0 Å². The lowest BCUT2D eigenvalue weighted by molar-refractivity contribution is -0.349. The molecule has 2 fully saturated rings. The molecule has 7 aromatic rings. The van der Waals surface area contributed by atoms with E-state index in [0.717, 1.165) is 38.9 Å². The van der Waals surface area contributed by atoms with Gasteiger partial charge in [0, 0.05) is 0 Å². The summed E-state index contributed by atoms with van der Waals surface area (Å²) in [5.41, 5.74) is 6.80. The van der Waals surface area contributed by atoms with Crippen LogP contribution in [-0.4, -0.2) is 79.7 Å². The van der Waals surface area contributed by atoms with Crippen molar-refractivity contribution in [2.75, 3.05) is 13.2 Å². The molecule has 10 atom stereocenters. The van der Waals surface area contributed by atoms with Crippen LogP contribution in [0.15, 0.2) is 212 Å². The molecular weight excluding hydrogens is 909 g/mol. The molecule has 2 saturated heterocycles. The van der Waals surface area contributed by atoms with Crippen LogP contribution < -0.4 is 0 Å². The number of aliphatic hydroxyl groups is 1. The Bertz CT molecular complexity index is 2550. The fourth-order valence-corrected chi connectivity index (χ4v) is 8.97. The van der Waals surface area contributed by atoms with Crippen LogP contribution in [-0.2, 0) is 93.6 Å². The maximum absolute atomic E-state index is 12.0. The molecule has 1 N–H and O–H groups in total. The second kappa shape index (κ2) is 27.2. The molecule has 0 radical (unpaired) electrons. The predicted molar refractivity (Wildman–Crippen MR) is 272 cm³/mol. The van der Waals surface area contributed by atoms with Crippen LogP contribution in [0.4, 0.5) is 0 Å². The number of hydrogen-bond acceptors (Lipinski definition) is 11. The third-order valence-electron chi connectivity index (χ3n) is 12.7. The maximum Gasteiger partial charge on any atom is 0.187 e. The lowest BCUT2D eigenvalue weighted by Gasteiger charge is -2.47. The van der Waals surface area contributed by atoms with E-state index in [-0.39, 0.29) is 52.9 Å². The van der Waals surface area contributed by atoms with Crippen LogP contribution in [0.25, 0.3) is 0 Å². The Morgan fingerprint density at radius 2 is 0.556 bits per heavy atom. The molecule has 0 saturated carbocycles. The summed E-state index contributed by atoms with van der Waals surface area (Å²) in [5.74, 6) is 0. The van der Waals surface area contributed by atoms with E-state index in [1.807, 2.05) is 212 Å². The summed E-state index contributed by atoms with van der Waals surface area (Å²) in [7, 11) is 0. The summed E-state index contributed by atoms with van der Waals surface area (Å²) in [4.78, 5) is 0. The number of benzene rings is 7. The van der Waals surface area contributed by atoms with Gasteiger partial charge in [0.1, 0.15) is 48.8 Å². The molecule has 0 aromatic heterocycles. The highest BCUT2D eigenvalue weighted by atomic mass is 16.7. The van der Waals surface area contributed by atoms with Crippen molar-refractivity contribution in [3.63, 3.8) is 0 Å². The van der Waals surface area contributed by atoms with E-state index in [4.69, 9.17) is 47.4 Å². The largest absolute Gasteiger partial charge is 0.374 e. The molecule has 11 heteroatoms. The van der Waals surface area contributed by atoms with Gasteiger partial charge in [0.25, 0.3) is 0 Å². The van der Waals surface area contributed by atoms with E-state index in [1.54, 1.807) is 0 Å². The Morgan fingerprint density at radius 3 is 0.917 bits per heavy atom. The van der Waals surface area contributed by atoms with Gasteiger partial charge in [-0.05, 0) is 38.9 Å². The van der Waals surface area contributed by atoms with Gasteiger partial charge >= 0.3 is 0 Å². The second-order valence-electron chi connectivity index (χ2n) is 18.0. The van der Waals surface area contributed by atoms with Crippen molar-refractivity contribution >= 4 is 0 Å². The summed E-state index contributed by atoms with van der Waals surface area (Å²) < 4.78 is 67.9. The zero-order valence-electron chi connectivity index (χ0n) is 40.4. The highest BCUT2D eigenvalue weighted by Crippen LogP contribution is 2.34. The van der Waals surface area contributed by atoms with E-state index in [0.29, 0.717) is 6.61 Å². The van der Waals surface area contributed by atoms with Crippen molar-refractivity contribution in [2.45, 2.75) is 108 Å². The number of ether oxygens (including phenoxy) is 10. The minimum Gasteiger partial charge on any atom is -0.374 e. The monoisotopic (exact) mass is 972 g/mol. The molecule has 374 valence electrons. The number of rotatable bonds is 25. The maximum atomic E-state index is 12.0. The molecule has 72 heavy (non-hydrogen) atoms. The molecule has 0 spiro atoms. The first kappa shape index (κ1) is 51.0. The molecule has 0 amide bonds. The smallest absolute Gasteiger partial charge is 0.187 e. The van der Waals surface area contributed by atoms with Crippen molar-refractivity contribution in [3.8, 4) is 0 Å². The van der Waals surface area contributed by atoms with E-state index in [2.05, 4.69) is 0 Å². The molecule has 2 aliphatic rings. The third kappa shape index (κ3) is 14.8. The predicted octanol–water partition coefficient (Wildman–Crippen LogP) is 10.2. The first-order chi connectivity index (χ1) is 35.6. The molecule has 11 nitrogen and oxygen atoms in total. The van der Waals surface area contributed by atoms with E-state index in [9.17, 15) is 5.11 Å². The third-order valence-corrected chi connectivity index (χ3v) is 12.7. The quantitative estimate of drug-likeness (QED) is 0.0591. The van der Waals surface area contributed by atoms with Gasteiger partial charge in [-0.25, -0.2) is 0 Å². The van der Waals surface area contributed by atoms with Gasteiger partial charge in [0.05, 0.1) is 59.5 Å². The summed E-state index contributed by atoms with van der Waals surface area (Å²) in [5, 5.41) is 12.0. The van der Waals surface area contributed by atoms with Crippen molar-refractivity contribution in [1.82, 2.24) is 0 Å². The standard InChI is InChI=1S/C61H64O11/c62-60-58(68-41-50-32-18-6-19-33-50)56(66-39-48-28-14-4-15-29-48)55(65-38-47-26-12-3-13-27-47)53(71-60)44-70-61-59(69-42-51-34-20-7-21-35-51)57(67-40-49-30-16-5-17-31-49)54(64-37-46-24-10-2-11-25-46)52(72-61)43-63-36-45-22-8-1-9-23-45/h1-35,52-62H,36-44H2/t52-,53-,54+,55+,56+,57+,58-,59-,60-,61+/m1/s1. The zero-order chi connectivity index (χ0) is 49.0. The molecule has 2 aliphatic heterocycles. The minimum absolute atomic E-state index is 0.0957. The topological polar surface area (TPSA) is 113 Å². The van der Waals surface area contributed by atoms with Crippen molar-refractivity contribution in [2.24, 2.45) is 0 Å². The van der Waals surface area contributed by atoms with Crippen LogP contribution in [0.3, 0.4) is 0 Å². The van der Waals surface area contributed by atoms with Crippen molar-refractivity contribution in [3.05, 3.63) is 251 Å². The van der Waals surface area contributed by atoms with Crippen molar-refractivity contribution in [1.29, 1.82) is 0 Å². The summed E-state index contributed by atoms with van der Waals surface area (Å²) in [6.45, 7) is 1.89. The molecule has 2 heterocycles. The number of hydrogen-bond donors (Lipinski definition) is 1. The fourth-order valence-electron chi connectivity index (χ4n) is 8.97. The Labute approximate surface area is 423 Å². The summed E-state index contributed by atoms with van der Waals surface area (Å²) >= 11 is 0. The Morgan fingerprint density at radius 1 is 0.278 bits per heavy atom. The van der Waals surface area contributed by atoms with Gasteiger partial charge in [0.2, 0.25) is 0 Å². The minimum atomic E-state index is -1.41. The molecular formula is C61H64O11. The van der Waals surface area contributed by atoms with Crippen molar-refractivity contribution < 1.29 is 52.5 Å². The normalized spacial score (nSPS) is 24.2. The van der Waals surface area contributed by atoms with Crippen LogP contribution in [0, 0.1) is 0 Å². The molecule has 0 aliphatic carbocycles. The van der Waals surface area contributed by atoms with Gasteiger partial charge < -0.3 is 52.5 Å². The van der Waals surface area contributed by atoms with E-state index >= 15 is 0 Å². The number of aliphatic hydroxyl groups excluding tert-OH is 1. The fraction of sp³-hybridized carbons (Fsp3) is 0.311. The van der Waals surface area contributed by atoms with E-state index < -0.39 is 61.4 Å². The Balaban J connectivity index is 1.04. The first-order valence-electron chi connectivity index (χ1n) is 24.8. The van der Waals surface area contributed by atoms with Gasteiger partial charge in [-0.1, -0.05) is 212 Å². The average Bonchev–Trinajstić information content (AvgIpc) is 3.44. The van der Waals surface area contributed by atoms with Gasteiger partial charge in [0.15, 0.2) is 12.6 Å². The Kier molecular flexibility index (Phi) is 19.3. The summed E-state index contributed by atoms with van der Waals surface area (Å²) in [6, 6.07) is 69.7. The van der Waals surface area contributed by atoms with Gasteiger partial charge in [-0.3, -0.25) is 0 Å². The second-order valence-corrected chi connectivity index (χ2v) is 18.0. The van der Waals surface area contributed by atoms with Gasteiger partial charge in [-0.15, -0.1) is 0 Å². The molecule has 0 bridgehead atoms. The highest BCUT2D eigenvalue weighted by molar-refractivity contribution is 5.19. The molecule has 0 unspecified atom stereocenters. The lowest BCUT2D eigenvalue weighted by Crippen LogP contribution is -2.63. The Hall–Kier alpha value is -5.90. The zero-order valence-corrected chi connectivity index (χ0v) is 40.4. The van der Waals surface area contributed by atoms with E-state index in [1.165, 1.54) is 0 Å². The van der Waals surface area contributed by atoms with Crippen LogP contribution in [0.1, 0.15) is 38.9 Å². The van der Waals surface area contributed by atoms with Gasteiger partial charge in [-0.2, -0.15) is 0 Å². The van der Waals surface area contributed by atoms with Crippen LogP contribution in [0.2, 0.25) is 0 Å². The van der Waals surface area contributed by atoms with Crippen LogP contribution >= 0.6 is 0 Å². The molecule has 9 rings (SSSR count). The first-order valence-corrected chi connectivity index (χ1v) is 24.8. The highest BCUT2D eigenvalue weighted by Gasteiger charge is 2.52. The SMILES string of the molecule is O[C@@H]1O[C@H](CO[C@H]2O[C@H](COCc3ccccc3)[C@H](OCc3ccccc3)[C@H](OCc3ccccc3)[C@H]2OCc2ccccc2)[C@H](OCc2ccccc2)[C@H](OCc2ccccc2)[C@H]1OCc1ccccc1. The average molecular weight is 973 g/mol.